The smallest absolute Gasteiger partial charge is 0.266 e. The number of hydrogen-bond acceptors (Lipinski definition) is 5. The summed E-state index contributed by atoms with van der Waals surface area (Å²) in [7, 11) is 0. The van der Waals surface area contributed by atoms with E-state index in [4.69, 9.17) is 5.73 Å². The number of nitrogen functional groups attached to an aromatic ring is 1. The number of nitrogens with zero attached hydrogens (tertiary/aromatic N) is 3. The van der Waals surface area contributed by atoms with Gasteiger partial charge in [0, 0.05) is 43.8 Å². The fourth-order valence-corrected chi connectivity index (χ4v) is 4.01. The summed E-state index contributed by atoms with van der Waals surface area (Å²) in [6, 6.07) is 4.56. The lowest BCUT2D eigenvalue weighted by Crippen LogP contribution is -2.49. The van der Waals surface area contributed by atoms with Crippen LogP contribution in [0.4, 0.5) is 5.69 Å². The van der Waals surface area contributed by atoms with Crippen molar-refractivity contribution < 1.29 is 4.79 Å². The molecule has 1 aliphatic carbocycles. The molecule has 1 aliphatic heterocycles. The van der Waals surface area contributed by atoms with Crippen molar-refractivity contribution in [2.45, 2.75) is 18.9 Å². The van der Waals surface area contributed by atoms with Gasteiger partial charge in [0.15, 0.2) is 0 Å². The van der Waals surface area contributed by atoms with E-state index in [1.54, 1.807) is 6.20 Å². The van der Waals surface area contributed by atoms with Crippen LogP contribution >= 0.6 is 11.3 Å². The van der Waals surface area contributed by atoms with Crippen molar-refractivity contribution in [2.75, 3.05) is 31.9 Å². The molecule has 5 nitrogen and oxygen atoms in total. The number of anilines is 1. The molecular weight excluding hydrogens is 284 g/mol. The molecule has 2 aromatic heterocycles. The van der Waals surface area contributed by atoms with Gasteiger partial charge in [-0.2, -0.15) is 0 Å². The van der Waals surface area contributed by atoms with E-state index in [9.17, 15) is 4.79 Å². The van der Waals surface area contributed by atoms with Gasteiger partial charge in [-0.15, -0.1) is 11.3 Å². The highest BCUT2D eigenvalue weighted by Crippen LogP contribution is 2.33. The SMILES string of the molecule is Nc1c(C(=O)N2CCN(C3CC3)CC2)sc2ncccc12. The average molecular weight is 302 g/mol. The van der Waals surface area contributed by atoms with Gasteiger partial charge in [0.2, 0.25) is 0 Å². The fourth-order valence-electron chi connectivity index (χ4n) is 2.98. The first-order valence-electron chi connectivity index (χ1n) is 7.40. The molecule has 21 heavy (non-hydrogen) atoms. The van der Waals surface area contributed by atoms with Crippen LogP contribution in [-0.2, 0) is 0 Å². The zero-order valence-electron chi connectivity index (χ0n) is 11.8. The van der Waals surface area contributed by atoms with E-state index in [1.807, 2.05) is 17.0 Å². The second-order valence-electron chi connectivity index (χ2n) is 5.76. The molecule has 1 saturated carbocycles. The van der Waals surface area contributed by atoms with Crippen molar-refractivity contribution in [3.05, 3.63) is 23.2 Å². The Morgan fingerprint density at radius 1 is 1.29 bits per heavy atom. The summed E-state index contributed by atoms with van der Waals surface area (Å²) in [5.74, 6) is 0.0611. The van der Waals surface area contributed by atoms with Gasteiger partial charge in [0.25, 0.3) is 5.91 Å². The summed E-state index contributed by atoms with van der Waals surface area (Å²) in [6.07, 6.45) is 4.38. The molecule has 0 atom stereocenters. The zero-order valence-corrected chi connectivity index (χ0v) is 12.6. The van der Waals surface area contributed by atoms with Gasteiger partial charge in [0.05, 0.1) is 5.69 Å². The summed E-state index contributed by atoms with van der Waals surface area (Å²) in [5, 5.41) is 0.891. The van der Waals surface area contributed by atoms with Gasteiger partial charge in [-0.1, -0.05) is 0 Å². The molecule has 3 heterocycles. The van der Waals surface area contributed by atoms with E-state index in [1.165, 1.54) is 24.2 Å². The number of amides is 1. The molecule has 0 radical (unpaired) electrons. The van der Waals surface area contributed by atoms with Crippen molar-refractivity contribution in [1.29, 1.82) is 0 Å². The minimum Gasteiger partial charge on any atom is -0.397 e. The van der Waals surface area contributed by atoms with E-state index < -0.39 is 0 Å². The van der Waals surface area contributed by atoms with Crippen molar-refractivity contribution in [2.24, 2.45) is 0 Å². The van der Waals surface area contributed by atoms with Gasteiger partial charge >= 0.3 is 0 Å². The number of nitrogens with two attached hydrogens (primary N) is 1. The molecule has 0 aromatic carbocycles. The first-order chi connectivity index (χ1) is 10.2. The number of thiophene rings is 1. The van der Waals surface area contributed by atoms with Crippen molar-refractivity contribution in [3.63, 3.8) is 0 Å². The standard InChI is InChI=1S/C15H18N4OS/c16-12-11-2-1-5-17-14(11)21-13(12)15(20)19-8-6-18(7-9-19)10-3-4-10/h1-2,5,10H,3-4,6-9,16H2. The van der Waals surface area contributed by atoms with E-state index in [0.29, 0.717) is 10.6 Å². The molecule has 0 unspecified atom stereocenters. The van der Waals surface area contributed by atoms with E-state index in [2.05, 4.69) is 9.88 Å². The first kappa shape index (κ1) is 13.0. The number of carbonyl (C=O) groups excluding carboxylic acids is 1. The lowest BCUT2D eigenvalue weighted by Gasteiger charge is -2.34. The van der Waals surface area contributed by atoms with E-state index >= 15 is 0 Å². The number of rotatable bonds is 2. The van der Waals surface area contributed by atoms with Crippen LogP contribution in [-0.4, -0.2) is 52.9 Å². The Kier molecular flexibility index (Phi) is 3.08. The maximum atomic E-state index is 12.7. The predicted octanol–water partition coefficient (Wildman–Crippen LogP) is 1.80. The number of carbonyl (C=O) groups is 1. The Balaban J connectivity index is 1.54. The summed E-state index contributed by atoms with van der Waals surface area (Å²) in [6.45, 7) is 3.58. The normalized spacial score (nSPS) is 20.1. The topological polar surface area (TPSA) is 62.5 Å². The second-order valence-corrected chi connectivity index (χ2v) is 6.76. The predicted molar refractivity (Wildman–Crippen MR) is 84.5 cm³/mol. The molecule has 2 fully saturated rings. The van der Waals surface area contributed by atoms with Crippen LogP contribution in [0.15, 0.2) is 18.3 Å². The second kappa shape index (κ2) is 4.96. The summed E-state index contributed by atoms with van der Waals surface area (Å²) in [5.41, 5.74) is 6.73. The molecule has 0 bridgehead atoms. The highest BCUT2D eigenvalue weighted by Gasteiger charge is 2.33. The Bertz CT molecular complexity index is 686. The van der Waals surface area contributed by atoms with Gasteiger partial charge in [-0.25, -0.2) is 4.98 Å². The fraction of sp³-hybridized carbons (Fsp3) is 0.467. The zero-order chi connectivity index (χ0) is 14.4. The molecular formula is C15H18N4OS. The Hall–Kier alpha value is -1.66. The summed E-state index contributed by atoms with van der Waals surface area (Å²) in [4.78, 5) is 22.9. The van der Waals surface area contributed by atoms with Gasteiger partial charge in [-0.05, 0) is 25.0 Å². The minimum absolute atomic E-state index is 0.0611. The van der Waals surface area contributed by atoms with Gasteiger partial charge < -0.3 is 10.6 Å². The molecule has 110 valence electrons. The minimum atomic E-state index is 0.0611. The van der Waals surface area contributed by atoms with Crippen LogP contribution < -0.4 is 5.73 Å². The van der Waals surface area contributed by atoms with Gasteiger partial charge in [-0.3, -0.25) is 9.69 Å². The molecule has 2 aromatic rings. The lowest BCUT2D eigenvalue weighted by molar-refractivity contribution is 0.0633. The van der Waals surface area contributed by atoms with Crippen molar-refractivity contribution in [1.82, 2.24) is 14.8 Å². The largest absolute Gasteiger partial charge is 0.397 e. The molecule has 1 amide bonds. The molecule has 6 heteroatoms. The van der Waals surface area contributed by atoms with Crippen molar-refractivity contribution in [3.8, 4) is 0 Å². The quantitative estimate of drug-likeness (QED) is 0.919. The van der Waals surface area contributed by atoms with Crippen LogP contribution in [0.5, 0.6) is 0 Å². The number of piperazine rings is 1. The number of pyridine rings is 1. The highest BCUT2D eigenvalue weighted by molar-refractivity contribution is 7.21. The molecule has 0 spiro atoms. The lowest BCUT2D eigenvalue weighted by atomic mass is 10.2. The Morgan fingerprint density at radius 2 is 2.05 bits per heavy atom. The van der Waals surface area contributed by atoms with Crippen LogP contribution in [0, 0.1) is 0 Å². The number of aromatic nitrogens is 1. The first-order valence-corrected chi connectivity index (χ1v) is 8.22. The Morgan fingerprint density at radius 3 is 2.71 bits per heavy atom. The maximum Gasteiger partial charge on any atom is 0.266 e. The molecule has 2 aliphatic rings. The van der Waals surface area contributed by atoms with Gasteiger partial charge in [0.1, 0.15) is 9.71 Å². The monoisotopic (exact) mass is 302 g/mol. The Labute approximate surface area is 127 Å². The molecule has 1 saturated heterocycles. The maximum absolute atomic E-state index is 12.7. The number of hydrogen-bond donors (Lipinski definition) is 1. The van der Waals surface area contributed by atoms with Crippen LogP contribution in [0.3, 0.4) is 0 Å². The van der Waals surface area contributed by atoms with E-state index in [-0.39, 0.29) is 5.91 Å². The van der Waals surface area contributed by atoms with Crippen LogP contribution in [0.25, 0.3) is 10.2 Å². The third-order valence-electron chi connectivity index (χ3n) is 4.36. The average Bonchev–Trinajstić information content (AvgIpc) is 3.32. The molecule has 4 rings (SSSR count). The number of fused-ring (bicyclic) bond motifs is 1. The van der Waals surface area contributed by atoms with E-state index in [0.717, 1.165) is 42.4 Å². The summed E-state index contributed by atoms with van der Waals surface area (Å²) < 4.78 is 0. The molecule has 2 N–H and O–H groups in total. The third-order valence-corrected chi connectivity index (χ3v) is 5.48. The van der Waals surface area contributed by atoms with Crippen LogP contribution in [0.1, 0.15) is 22.5 Å². The summed E-state index contributed by atoms with van der Waals surface area (Å²) >= 11 is 1.40. The highest BCUT2D eigenvalue weighted by atomic mass is 32.1. The third kappa shape index (κ3) is 2.28. The van der Waals surface area contributed by atoms with Crippen LogP contribution in [0.2, 0.25) is 0 Å². The van der Waals surface area contributed by atoms with Crippen molar-refractivity contribution >= 4 is 33.1 Å².